The Morgan fingerprint density at radius 3 is 2.87 bits per heavy atom. The van der Waals surface area contributed by atoms with Crippen LogP contribution in [0.5, 0.6) is 0 Å². The van der Waals surface area contributed by atoms with E-state index in [1.54, 1.807) is 0 Å². The first-order valence-corrected chi connectivity index (χ1v) is 4.80. The van der Waals surface area contributed by atoms with Gasteiger partial charge in [0.05, 0.1) is 0 Å². The van der Waals surface area contributed by atoms with Crippen LogP contribution in [-0.2, 0) is 4.74 Å². The number of hydrogen-bond donors (Lipinski definition) is 2. The van der Waals surface area contributed by atoms with E-state index in [4.69, 9.17) is 21.4 Å². The Morgan fingerprint density at radius 2 is 2.27 bits per heavy atom. The standard InChI is InChI=1S/C8H9ClN2O4/c9-4-3-11(8(14)10-7(4)13)5-1-2-6(12)15-5/h3,5-6,12H,1-2H2,(H,10,13,14)/t5?,6-/m0/s1. The number of nitrogens with one attached hydrogen (secondary N) is 1. The summed E-state index contributed by atoms with van der Waals surface area (Å²) in [7, 11) is 0. The summed E-state index contributed by atoms with van der Waals surface area (Å²) < 4.78 is 6.23. The maximum Gasteiger partial charge on any atom is 0.330 e. The topological polar surface area (TPSA) is 84.3 Å². The molecule has 1 aromatic heterocycles. The second-order valence-corrected chi connectivity index (χ2v) is 3.67. The Bertz CT molecular complexity index is 480. The van der Waals surface area contributed by atoms with Crippen LogP contribution in [0.1, 0.15) is 19.1 Å². The summed E-state index contributed by atoms with van der Waals surface area (Å²) in [5.74, 6) is 0. The van der Waals surface area contributed by atoms with Crippen molar-refractivity contribution in [2.24, 2.45) is 0 Å². The van der Waals surface area contributed by atoms with Gasteiger partial charge in [-0.3, -0.25) is 14.3 Å². The Balaban J connectivity index is 2.41. The van der Waals surface area contributed by atoms with Gasteiger partial charge in [0, 0.05) is 12.6 Å². The average Bonchev–Trinajstić information content (AvgIpc) is 2.58. The second-order valence-electron chi connectivity index (χ2n) is 3.27. The van der Waals surface area contributed by atoms with Crippen LogP contribution >= 0.6 is 11.6 Å². The fourth-order valence-corrected chi connectivity index (χ4v) is 1.63. The van der Waals surface area contributed by atoms with Crippen LogP contribution in [0.4, 0.5) is 0 Å². The van der Waals surface area contributed by atoms with Crippen LogP contribution in [-0.4, -0.2) is 20.9 Å². The molecule has 1 fully saturated rings. The fraction of sp³-hybridized carbons (Fsp3) is 0.500. The van der Waals surface area contributed by atoms with Gasteiger partial charge >= 0.3 is 5.69 Å². The molecule has 2 atom stereocenters. The number of aromatic nitrogens is 2. The van der Waals surface area contributed by atoms with Gasteiger partial charge < -0.3 is 9.84 Å². The van der Waals surface area contributed by atoms with E-state index in [0.29, 0.717) is 12.8 Å². The highest BCUT2D eigenvalue weighted by molar-refractivity contribution is 6.30. The van der Waals surface area contributed by atoms with Gasteiger partial charge in [-0.25, -0.2) is 4.79 Å². The number of aliphatic hydroxyl groups excluding tert-OH is 1. The van der Waals surface area contributed by atoms with Gasteiger partial charge in [-0.1, -0.05) is 11.6 Å². The molecular weight excluding hydrogens is 224 g/mol. The number of aliphatic hydroxyl groups is 1. The van der Waals surface area contributed by atoms with E-state index in [0.717, 1.165) is 0 Å². The molecule has 1 unspecified atom stereocenters. The van der Waals surface area contributed by atoms with Gasteiger partial charge in [-0.05, 0) is 6.42 Å². The van der Waals surface area contributed by atoms with E-state index in [9.17, 15) is 9.59 Å². The van der Waals surface area contributed by atoms with E-state index in [1.807, 2.05) is 0 Å². The highest BCUT2D eigenvalue weighted by Crippen LogP contribution is 2.25. The minimum Gasteiger partial charge on any atom is -0.368 e. The van der Waals surface area contributed by atoms with Gasteiger partial charge in [-0.2, -0.15) is 0 Å². The normalized spacial score (nSPS) is 25.7. The molecule has 0 radical (unpaired) electrons. The highest BCUT2D eigenvalue weighted by Gasteiger charge is 2.25. The van der Waals surface area contributed by atoms with Crippen molar-refractivity contribution in [3.05, 3.63) is 32.1 Å². The van der Waals surface area contributed by atoms with Gasteiger partial charge in [0.2, 0.25) is 0 Å². The van der Waals surface area contributed by atoms with Gasteiger partial charge in [0.25, 0.3) is 5.56 Å². The first kappa shape index (κ1) is 10.4. The zero-order chi connectivity index (χ0) is 11.0. The molecule has 1 aliphatic rings. The minimum atomic E-state index is -0.868. The first-order valence-electron chi connectivity index (χ1n) is 4.42. The molecular formula is C8H9ClN2O4. The molecule has 0 aromatic carbocycles. The molecule has 2 heterocycles. The van der Waals surface area contributed by atoms with Crippen LogP contribution in [0.25, 0.3) is 0 Å². The number of hydrogen-bond acceptors (Lipinski definition) is 4. The highest BCUT2D eigenvalue weighted by atomic mass is 35.5. The lowest BCUT2D eigenvalue weighted by molar-refractivity contribution is -0.113. The van der Waals surface area contributed by atoms with Crippen molar-refractivity contribution in [2.45, 2.75) is 25.4 Å². The van der Waals surface area contributed by atoms with Crippen molar-refractivity contribution in [1.29, 1.82) is 0 Å². The predicted octanol–water partition coefficient (Wildman–Crippen LogP) is -0.183. The van der Waals surface area contributed by atoms with Crippen molar-refractivity contribution in [3.63, 3.8) is 0 Å². The Hall–Kier alpha value is -1.11. The number of nitrogens with zero attached hydrogens (tertiary/aromatic N) is 1. The molecule has 0 bridgehead atoms. The summed E-state index contributed by atoms with van der Waals surface area (Å²) in [6.45, 7) is 0. The van der Waals surface area contributed by atoms with E-state index in [2.05, 4.69) is 4.98 Å². The number of H-pyrrole nitrogens is 1. The molecule has 0 saturated carbocycles. The van der Waals surface area contributed by atoms with Crippen LogP contribution in [0.2, 0.25) is 5.02 Å². The fourth-order valence-electron chi connectivity index (χ4n) is 1.48. The molecule has 15 heavy (non-hydrogen) atoms. The summed E-state index contributed by atoms with van der Waals surface area (Å²) >= 11 is 5.58. The van der Waals surface area contributed by atoms with Crippen LogP contribution in [0, 0.1) is 0 Å². The van der Waals surface area contributed by atoms with Crippen molar-refractivity contribution in [1.82, 2.24) is 9.55 Å². The zero-order valence-corrected chi connectivity index (χ0v) is 8.40. The van der Waals surface area contributed by atoms with E-state index < -0.39 is 23.8 Å². The molecule has 6 nitrogen and oxygen atoms in total. The number of halogens is 1. The van der Waals surface area contributed by atoms with Crippen molar-refractivity contribution in [3.8, 4) is 0 Å². The van der Waals surface area contributed by atoms with Crippen LogP contribution in [0.15, 0.2) is 15.8 Å². The lowest BCUT2D eigenvalue weighted by Gasteiger charge is -2.13. The van der Waals surface area contributed by atoms with E-state index in [-0.39, 0.29) is 5.02 Å². The van der Waals surface area contributed by atoms with Gasteiger partial charge in [0.15, 0.2) is 6.29 Å². The quantitative estimate of drug-likeness (QED) is 0.703. The minimum absolute atomic E-state index is 0.0837. The van der Waals surface area contributed by atoms with Crippen LogP contribution in [0.3, 0.4) is 0 Å². The molecule has 2 rings (SSSR count). The summed E-state index contributed by atoms with van der Waals surface area (Å²) in [6, 6.07) is 0. The zero-order valence-electron chi connectivity index (χ0n) is 7.64. The van der Waals surface area contributed by atoms with E-state index in [1.165, 1.54) is 10.8 Å². The van der Waals surface area contributed by atoms with E-state index >= 15 is 0 Å². The smallest absolute Gasteiger partial charge is 0.330 e. The monoisotopic (exact) mass is 232 g/mol. The summed E-state index contributed by atoms with van der Waals surface area (Å²) in [6.07, 6.45) is 0.734. The Labute approximate surface area is 89.1 Å². The molecule has 7 heteroatoms. The Morgan fingerprint density at radius 1 is 1.53 bits per heavy atom. The molecule has 2 N–H and O–H groups in total. The largest absolute Gasteiger partial charge is 0.368 e. The number of ether oxygens (including phenoxy) is 1. The maximum atomic E-state index is 11.4. The molecule has 0 aliphatic carbocycles. The Kier molecular flexibility index (Phi) is 2.64. The molecule has 0 amide bonds. The SMILES string of the molecule is O=c1[nH]c(=O)n(C2CC[C@@H](O)O2)cc1Cl. The second kappa shape index (κ2) is 3.80. The lowest BCUT2D eigenvalue weighted by atomic mass is 10.3. The third-order valence-corrected chi connectivity index (χ3v) is 2.48. The lowest BCUT2D eigenvalue weighted by Crippen LogP contribution is -2.32. The van der Waals surface area contributed by atoms with Crippen molar-refractivity contribution in [2.75, 3.05) is 0 Å². The molecule has 1 saturated heterocycles. The maximum absolute atomic E-state index is 11.4. The number of aromatic amines is 1. The average molecular weight is 233 g/mol. The third kappa shape index (κ3) is 1.97. The summed E-state index contributed by atoms with van der Waals surface area (Å²) in [4.78, 5) is 24.4. The molecule has 1 aliphatic heterocycles. The van der Waals surface area contributed by atoms with Crippen LogP contribution < -0.4 is 11.2 Å². The first-order chi connectivity index (χ1) is 7.08. The van der Waals surface area contributed by atoms with Gasteiger partial charge in [-0.15, -0.1) is 0 Å². The van der Waals surface area contributed by atoms with Crippen molar-refractivity contribution < 1.29 is 9.84 Å². The molecule has 82 valence electrons. The summed E-state index contributed by atoms with van der Waals surface area (Å²) in [5, 5.41) is 9.05. The molecule has 1 aromatic rings. The van der Waals surface area contributed by atoms with Crippen molar-refractivity contribution >= 4 is 11.6 Å². The van der Waals surface area contributed by atoms with Gasteiger partial charge in [0.1, 0.15) is 11.3 Å². The molecule has 0 spiro atoms. The number of rotatable bonds is 1. The summed E-state index contributed by atoms with van der Waals surface area (Å²) in [5.41, 5.74) is -1.22. The predicted molar refractivity (Wildman–Crippen MR) is 51.7 cm³/mol. The third-order valence-electron chi connectivity index (χ3n) is 2.21.